The highest BCUT2D eigenvalue weighted by Crippen LogP contribution is 2.39. The summed E-state index contributed by atoms with van der Waals surface area (Å²) < 4.78 is 20.3. The van der Waals surface area contributed by atoms with Crippen molar-refractivity contribution in [3.63, 3.8) is 0 Å². The average Bonchev–Trinajstić information content (AvgIpc) is 3.04. The zero-order chi connectivity index (χ0) is 24.0. The Morgan fingerprint density at radius 2 is 2.03 bits per heavy atom. The molecule has 0 spiro atoms. The van der Waals surface area contributed by atoms with E-state index >= 15 is 0 Å². The van der Waals surface area contributed by atoms with Crippen LogP contribution >= 0.6 is 0 Å². The minimum Gasteiger partial charge on any atom is -0.457 e. The van der Waals surface area contributed by atoms with Crippen LogP contribution in [0.1, 0.15) is 36.9 Å². The number of aliphatic hydroxyl groups excluding tert-OH is 1. The third-order valence-corrected chi connectivity index (χ3v) is 5.88. The lowest BCUT2D eigenvalue weighted by molar-refractivity contribution is -0.175. The molecule has 8 nitrogen and oxygen atoms in total. The van der Waals surface area contributed by atoms with E-state index in [2.05, 4.69) is 6.58 Å². The molecule has 1 N–H and O–H groups in total. The van der Waals surface area contributed by atoms with E-state index in [0.29, 0.717) is 25.0 Å². The molecule has 33 heavy (non-hydrogen) atoms. The first kappa shape index (κ1) is 24.5. The largest absolute Gasteiger partial charge is 0.457 e. The van der Waals surface area contributed by atoms with Gasteiger partial charge in [0.2, 0.25) is 12.0 Å². The zero-order valence-corrected chi connectivity index (χ0v) is 19.4. The maximum atomic E-state index is 13.7. The SMILES string of the molecule is C=CCOC(=O)C1=C[C@H](c2c(C)n(C)n(-c3ccccc3)c2=O)[C@@H](CCCO)[C@H](OCC)O1. The van der Waals surface area contributed by atoms with Crippen LogP contribution < -0.4 is 5.56 Å². The summed E-state index contributed by atoms with van der Waals surface area (Å²) in [6.07, 6.45) is 3.44. The van der Waals surface area contributed by atoms with Gasteiger partial charge in [-0.3, -0.25) is 9.48 Å². The Labute approximate surface area is 193 Å². The molecule has 178 valence electrons. The number of para-hydroxylation sites is 1. The van der Waals surface area contributed by atoms with Gasteiger partial charge in [0.05, 0.1) is 5.69 Å². The minimum absolute atomic E-state index is 0.00202. The molecule has 0 radical (unpaired) electrons. The third kappa shape index (κ3) is 5.12. The second-order valence-electron chi connectivity index (χ2n) is 7.89. The molecule has 1 aliphatic rings. The molecule has 0 fully saturated rings. The summed E-state index contributed by atoms with van der Waals surface area (Å²) in [7, 11) is 1.83. The van der Waals surface area contributed by atoms with Crippen molar-refractivity contribution in [1.82, 2.24) is 9.36 Å². The molecule has 2 aromatic rings. The highest BCUT2D eigenvalue weighted by molar-refractivity contribution is 5.86. The van der Waals surface area contributed by atoms with Crippen LogP contribution in [-0.4, -0.2) is 46.6 Å². The number of aliphatic hydroxyl groups is 1. The summed E-state index contributed by atoms with van der Waals surface area (Å²) in [5, 5.41) is 9.46. The number of hydrogen-bond donors (Lipinski definition) is 1. The molecule has 0 amide bonds. The Morgan fingerprint density at radius 3 is 2.67 bits per heavy atom. The van der Waals surface area contributed by atoms with Crippen LogP contribution in [0.3, 0.4) is 0 Å². The molecule has 0 unspecified atom stereocenters. The Hall–Kier alpha value is -3.10. The minimum atomic E-state index is -0.757. The maximum Gasteiger partial charge on any atom is 0.373 e. The monoisotopic (exact) mass is 456 g/mol. The highest BCUT2D eigenvalue weighted by atomic mass is 16.7. The van der Waals surface area contributed by atoms with Crippen LogP contribution in [0.5, 0.6) is 0 Å². The topological polar surface area (TPSA) is 91.9 Å². The van der Waals surface area contributed by atoms with Gasteiger partial charge in [-0.2, -0.15) is 0 Å². The van der Waals surface area contributed by atoms with Gasteiger partial charge in [0.15, 0.2) is 0 Å². The number of aromatic nitrogens is 2. The molecule has 0 bridgehead atoms. The highest BCUT2D eigenvalue weighted by Gasteiger charge is 2.41. The molecule has 1 aromatic heterocycles. The van der Waals surface area contributed by atoms with Crippen LogP contribution in [-0.2, 0) is 26.1 Å². The van der Waals surface area contributed by atoms with E-state index in [0.717, 1.165) is 11.4 Å². The van der Waals surface area contributed by atoms with Gasteiger partial charge >= 0.3 is 5.97 Å². The summed E-state index contributed by atoms with van der Waals surface area (Å²) in [6, 6.07) is 9.39. The van der Waals surface area contributed by atoms with Gasteiger partial charge in [-0.05, 0) is 44.9 Å². The van der Waals surface area contributed by atoms with E-state index in [-0.39, 0.29) is 30.5 Å². The molecular formula is C25H32N2O6. The number of rotatable bonds is 10. The summed E-state index contributed by atoms with van der Waals surface area (Å²) in [4.78, 5) is 26.3. The van der Waals surface area contributed by atoms with Crippen molar-refractivity contribution < 1.29 is 24.1 Å². The van der Waals surface area contributed by atoms with Crippen molar-refractivity contribution in [1.29, 1.82) is 0 Å². The van der Waals surface area contributed by atoms with Crippen molar-refractivity contribution in [3.05, 3.63) is 76.4 Å². The molecule has 1 aromatic carbocycles. The number of ether oxygens (including phenoxy) is 3. The fourth-order valence-electron chi connectivity index (χ4n) is 4.26. The van der Waals surface area contributed by atoms with Crippen LogP contribution in [0.15, 0.2) is 59.6 Å². The fourth-order valence-corrected chi connectivity index (χ4v) is 4.26. The van der Waals surface area contributed by atoms with Gasteiger partial charge in [-0.25, -0.2) is 9.48 Å². The van der Waals surface area contributed by atoms with Crippen molar-refractivity contribution in [3.8, 4) is 5.69 Å². The lowest BCUT2D eigenvalue weighted by Crippen LogP contribution is -2.38. The number of hydrogen-bond acceptors (Lipinski definition) is 6. The smallest absolute Gasteiger partial charge is 0.373 e. The summed E-state index contributed by atoms with van der Waals surface area (Å²) in [5.41, 5.74) is 1.91. The number of nitrogens with zero attached hydrogens (tertiary/aromatic N) is 2. The van der Waals surface area contributed by atoms with Crippen LogP contribution in [0.25, 0.3) is 5.69 Å². The number of carbonyl (C=O) groups is 1. The summed E-state index contributed by atoms with van der Waals surface area (Å²) >= 11 is 0. The number of benzene rings is 1. The molecular weight excluding hydrogens is 424 g/mol. The number of allylic oxidation sites excluding steroid dienone is 1. The molecule has 0 saturated carbocycles. The van der Waals surface area contributed by atoms with E-state index in [9.17, 15) is 14.7 Å². The van der Waals surface area contributed by atoms with Gasteiger partial charge in [0, 0.05) is 43.4 Å². The Morgan fingerprint density at radius 1 is 1.30 bits per heavy atom. The molecule has 0 saturated heterocycles. The van der Waals surface area contributed by atoms with Crippen molar-refractivity contribution in [2.24, 2.45) is 13.0 Å². The molecule has 8 heteroatoms. The van der Waals surface area contributed by atoms with Gasteiger partial charge in [-0.1, -0.05) is 30.9 Å². The fraction of sp³-hybridized carbons (Fsp3) is 0.440. The first-order valence-electron chi connectivity index (χ1n) is 11.2. The predicted octanol–water partition coefficient (Wildman–Crippen LogP) is 2.96. The van der Waals surface area contributed by atoms with Crippen molar-refractivity contribution >= 4 is 5.97 Å². The summed E-state index contributed by atoms with van der Waals surface area (Å²) in [5.74, 6) is -1.36. The standard InChI is InChI=1S/C25H32N2O6/c1-5-15-32-24(30)21-16-20(19(13-10-14-28)25(33-21)31-6-2)22-17(3)26(4)27(23(22)29)18-11-8-7-9-12-18/h5,7-9,11-12,16,19-20,25,28H,1,6,10,13-15H2,2-4H3/t19-,20+,25-/m1/s1. The van der Waals surface area contributed by atoms with E-state index < -0.39 is 18.2 Å². The van der Waals surface area contributed by atoms with Crippen LogP contribution in [0.2, 0.25) is 0 Å². The lowest BCUT2D eigenvalue weighted by Gasteiger charge is -2.36. The van der Waals surface area contributed by atoms with Crippen LogP contribution in [0, 0.1) is 12.8 Å². The molecule has 3 atom stereocenters. The van der Waals surface area contributed by atoms with Crippen LogP contribution in [0.4, 0.5) is 0 Å². The first-order chi connectivity index (χ1) is 15.9. The summed E-state index contributed by atoms with van der Waals surface area (Å²) in [6.45, 7) is 7.70. The number of esters is 1. The van der Waals surface area contributed by atoms with Gasteiger partial charge < -0.3 is 19.3 Å². The van der Waals surface area contributed by atoms with E-state index in [1.54, 1.807) is 10.8 Å². The lowest BCUT2D eigenvalue weighted by atomic mass is 9.80. The molecule has 1 aliphatic heterocycles. The van der Waals surface area contributed by atoms with E-state index in [4.69, 9.17) is 14.2 Å². The zero-order valence-electron chi connectivity index (χ0n) is 19.4. The van der Waals surface area contributed by atoms with E-state index in [1.165, 1.54) is 6.08 Å². The number of carbonyl (C=O) groups excluding carboxylic acids is 1. The van der Waals surface area contributed by atoms with Crippen molar-refractivity contribution in [2.75, 3.05) is 19.8 Å². The Bertz CT molecular complexity index is 1050. The van der Waals surface area contributed by atoms with Gasteiger partial charge in [0.25, 0.3) is 5.56 Å². The Balaban J connectivity index is 2.15. The van der Waals surface area contributed by atoms with Gasteiger partial charge in [-0.15, -0.1) is 0 Å². The van der Waals surface area contributed by atoms with Crippen molar-refractivity contribution in [2.45, 2.75) is 38.9 Å². The quantitative estimate of drug-likeness (QED) is 0.437. The van der Waals surface area contributed by atoms with E-state index in [1.807, 2.05) is 55.9 Å². The van der Waals surface area contributed by atoms with Gasteiger partial charge in [0.1, 0.15) is 6.61 Å². The maximum absolute atomic E-state index is 13.7. The first-order valence-corrected chi connectivity index (χ1v) is 11.2. The normalized spacial score (nSPS) is 20.1. The predicted molar refractivity (Wildman–Crippen MR) is 124 cm³/mol. The second kappa shape index (κ2) is 11.2. The molecule has 2 heterocycles. The molecule has 3 rings (SSSR count). The molecule has 0 aliphatic carbocycles. The second-order valence-corrected chi connectivity index (χ2v) is 7.89. The third-order valence-electron chi connectivity index (χ3n) is 5.88. The average molecular weight is 457 g/mol. The Kier molecular flexibility index (Phi) is 8.30.